The van der Waals surface area contributed by atoms with Gasteiger partial charge in [0.05, 0.1) is 18.3 Å². The Balaban J connectivity index is 2.37. The first-order chi connectivity index (χ1) is 9.94. The van der Waals surface area contributed by atoms with Crippen molar-refractivity contribution in [3.8, 4) is 0 Å². The average molecular weight is 292 g/mol. The van der Waals surface area contributed by atoms with Crippen LogP contribution in [0.1, 0.15) is 67.6 Å². The second kappa shape index (κ2) is 6.58. The van der Waals surface area contributed by atoms with Crippen LogP contribution in [0.5, 0.6) is 0 Å². The predicted molar refractivity (Wildman–Crippen MR) is 80.5 cm³/mol. The van der Waals surface area contributed by atoms with Gasteiger partial charge in [-0.05, 0) is 43.9 Å². The first kappa shape index (κ1) is 16.0. The van der Waals surface area contributed by atoms with Crippen LogP contribution >= 0.6 is 0 Å². The Hall–Kier alpha value is -1.39. The molecule has 1 unspecified atom stereocenters. The topological polar surface area (TPSA) is 55.8 Å². The van der Waals surface area contributed by atoms with Gasteiger partial charge in [0.15, 0.2) is 5.79 Å². The zero-order valence-corrected chi connectivity index (χ0v) is 13.0. The van der Waals surface area contributed by atoms with E-state index in [9.17, 15) is 9.90 Å². The molecule has 0 amide bonds. The van der Waals surface area contributed by atoms with Crippen LogP contribution in [0.15, 0.2) is 18.2 Å². The predicted octanol–water partition coefficient (Wildman–Crippen LogP) is 3.94. The number of ether oxygens (including phenoxy) is 2. The number of hydrogen-bond donors (Lipinski definition) is 1. The van der Waals surface area contributed by atoms with Crippen molar-refractivity contribution in [2.24, 2.45) is 0 Å². The molecule has 0 aliphatic carbocycles. The first-order valence-corrected chi connectivity index (χ1v) is 7.61. The molecule has 0 radical (unpaired) electrons. The van der Waals surface area contributed by atoms with Crippen molar-refractivity contribution in [1.82, 2.24) is 0 Å². The van der Waals surface area contributed by atoms with Crippen LogP contribution in [-0.2, 0) is 15.9 Å². The second-order valence-corrected chi connectivity index (χ2v) is 5.93. The molecule has 116 valence electrons. The number of rotatable bonds is 5. The van der Waals surface area contributed by atoms with E-state index in [2.05, 4.69) is 6.92 Å². The van der Waals surface area contributed by atoms with Gasteiger partial charge >= 0.3 is 5.97 Å². The zero-order chi connectivity index (χ0) is 15.5. The van der Waals surface area contributed by atoms with Crippen molar-refractivity contribution in [2.75, 3.05) is 6.61 Å². The molecule has 21 heavy (non-hydrogen) atoms. The van der Waals surface area contributed by atoms with Crippen molar-refractivity contribution in [2.45, 2.75) is 58.3 Å². The van der Waals surface area contributed by atoms with Gasteiger partial charge in [0, 0.05) is 6.42 Å². The smallest absolute Gasteiger partial charge is 0.335 e. The molecule has 0 saturated carbocycles. The fourth-order valence-corrected chi connectivity index (χ4v) is 2.81. The van der Waals surface area contributed by atoms with Crippen LogP contribution in [0.2, 0.25) is 0 Å². The summed E-state index contributed by atoms with van der Waals surface area (Å²) in [5.41, 5.74) is 2.31. The van der Waals surface area contributed by atoms with Crippen LogP contribution in [0.4, 0.5) is 0 Å². The molecule has 0 aromatic heterocycles. The van der Waals surface area contributed by atoms with E-state index in [0.717, 1.165) is 36.8 Å². The van der Waals surface area contributed by atoms with E-state index in [0.29, 0.717) is 12.2 Å². The van der Waals surface area contributed by atoms with E-state index in [1.54, 1.807) is 12.1 Å². The van der Waals surface area contributed by atoms with E-state index in [1.165, 1.54) is 0 Å². The van der Waals surface area contributed by atoms with Crippen molar-refractivity contribution >= 4 is 5.97 Å². The maximum Gasteiger partial charge on any atom is 0.335 e. The minimum absolute atomic E-state index is 0.0973. The molecular weight excluding hydrogens is 268 g/mol. The molecule has 1 aromatic rings. The van der Waals surface area contributed by atoms with Crippen LogP contribution in [0.25, 0.3) is 0 Å². The summed E-state index contributed by atoms with van der Waals surface area (Å²) in [7, 11) is 0. The Kier molecular flexibility index (Phi) is 5.01. The lowest BCUT2D eigenvalue weighted by Gasteiger charge is -2.37. The van der Waals surface area contributed by atoms with Gasteiger partial charge in [-0.2, -0.15) is 0 Å². The molecule has 1 aromatic carbocycles. The van der Waals surface area contributed by atoms with Gasteiger partial charge in [-0.15, -0.1) is 0 Å². The number of aromatic carboxylic acids is 1. The van der Waals surface area contributed by atoms with Crippen molar-refractivity contribution in [1.29, 1.82) is 0 Å². The minimum atomic E-state index is -0.866. The van der Waals surface area contributed by atoms with E-state index < -0.39 is 11.8 Å². The van der Waals surface area contributed by atoms with E-state index in [-0.39, 0.29) is 6.10 Å². The zero-order valence-electron chi connectivity index (χ0n) is 13.0. The number of unbranched alkanes of at least 4 members (excludes halogenated alkanes) is 1. The summed E-state index contributed by atoms with van der Waals surface area (Å²) in [6.45, 7) is 6.52. The molecular formula is C17H24O4. The normalized spacial score (nSPS) is 21.2. The molecule has 1 atom stereocenters. The average Bonchev–Trinajstić information content (AvgIpc) is 2.43. The van der Waals surface area contributed by atoms with E-state index >= 15 is 0 Å². The number of carbonyl (C=O) groups is 1. The summed E-state index contributed by atoms with van der Waals surface area (Å²) in [5.74, 6) is -1.49. The highest BCUT2D eigenvalue weighted by Gasteiger charge is 2.32. The molecule has 4 nitrogen and oxygen atoms in total. The van der Waals surface area contributed by atoms with Crippen molar-refractivity contribution < 1.29 is 19.4 Å². The van der Waals surface area contributed by atoms with Gasteiger partial charge < -0.3 is 14.6 Å². The van der Waals surface area contributed by atoms with Gasteiger partial charge in [0.25, 0.3) is 0 Å². The highest BCUT2D eigenvalue weighted by atomic mass is 16.7. The largest absolute Gasteiger partial charge is 0.478 e. The van der Waals surface area contributed by atoms with Crippen molar-refractivity contribution in [3.05, 3.63) is 34.9 Å². The fourth-order valence-electron chi connectivity index (χ4n) is 2.81. The van der Waals surface area contributed by atoms with E-state index in [1.807, 2.05) is 19.9 Å². The Morgan fingerprint density at radius 1 is 1.43 bits per heavy atom. The number of benzene rings is 1. The molecule has 1 fully saturated rings. The van der Waals surface area contributed by atoms with Crippen molar-refractivity contribution in [3.63, 3.8) is 0 Å². The molecule has 1 heterocycles. The minimum Gasteiger partial charge on any atom is -0.478 e. The highest BCUT2D eigenvalue weighted by Crippen LogP contribution is 2.35. The number of carboxylic acids is 1. The summed E-state index contributed by atoms with van der Waals surface area (Å²) in [6, 6.07) is 5.48. The lowest BCUT2D eigenvalue weighted by molar-refractivity contribution is -0.275. The maximum absolute atomic E-state index is 11.5. The molecule has 0 spiro atoms. The van der Waals surface area contributed by atoms with Crippen LogP contribution in [-0.4, -0.2) is 23.5 Å². The fraction of sp³-hybridized carbons (Fsp3) is 0.588. The number of carboxylic acid groups (broad SMARTS) is 1. The Labute approximate surface area is 126 Å². The SMILES string of the molecule is CCCCc1c(C(=O)O)cccc1C1CCOC(C)(C)O1. The quantitative estimate of drug-likeness (QED) is 0.893. The maximum atomic E-state index is 11.5. The molecule has 2 rings (SSSR count). The first-order valence-electron chi connectivity index (χ1n) is 7.61. The third-order valence-corrected chi connectivity index (χ3v) is 3.83. The highest BCUT2D eigenvalue weighted by molar-refractivity contribution is 5.89. The Morgan fingerprint density at radius 2 is 2.19 bits per heavy atom. The molecule has 1 aliphatic rings. The lowest BCUT2D eigenvalue weighted by Crippen LogP contribution is -2.36. The Bertz CT molecular complexity index is 508. The monoisotopic (exact) mass is 292 g/mol. The standard InChI is InChI=1S/C17H24O4/c1-4-5-7-12-13(8-6-9-14(12)16(18)19)15-10-11-20-17(2,3)21-15/h6,8-9,15H,4-5,7,10-11H2,1-3H3,(H,18,19). The lowest BCUT2D eigenvalue weighted by atomic mass is 9.91. The molecule has 1 aliphatic heterocycles. The summed E-state index contributed by atoms with van der Waals surface area (Å²) in [4.78, 5) is 11.5. The third-order valence-electron chi connectivity index (χ3n) is 3.83. The Morgan fingerprint density at radius 3 is 2.81 bits per heavy atom. The van der Waals surface area contributed by atoms with Gasteiger partial charge in [-0.1, -0.05) is 25.5 Å². The summed E-state index contributed by atoms with van der Waals surface area (Å²) < 4.78 is 11.6. The molecule has 4 heteroatoms. The molecule has 1 saturated heterocycles. The van der Waals surface area contributed by atoms with Gasteiger partial charge in [-0.3, -0.25) is 0 Å². The van der Waals surface area contributed by atoms with Crippen LogP contribution < -0.4 is 0 Å². The molecule has 0 bridgehead atoms. The van der Waals surface area contributed by atoms with Gasteiger partial charge in [0.2, 0.25) is 0 Å². The third kappa shape index (κ3) is 3.83. The summed E-state index contributed by atoms with van der Waals surface area (Å²) >= 11 is 0. The van der Waals surface area contributed by atoms with E-state index in [4.69, 9.17) is 9.47 Å². The van der Waals surface area contributed by atoms with Crippen LogP contribution in [0, 0.1) is 0 Å². The van der Waals surface area contributed by atoms with Crippen LogP contribution in [0.3, 0.4) is 0 Å². The molecule has 1 N–H and O–H groups in total. The summed E-state index contributed by atoms with van der Waals surface area (Å²) in [5, 5.41) is 9.42. The number of hydrogen-bond acceptors (Lipinski definition) is 3. The second-order valence-electron chi connectivity index (χ2n) is 5.93. The van der Waals surface area contributed by atoms with Gasteiger partial charge in [-0.25, -0.2) is 4.79 Å². The summed E-state index contributed by atoms with van der Waals surface area (Å²) in [6.07, 6.45) is 3.44. The van der Waals surface area contributed by atoms with Gasteiger partial charge in [0.1, 0.15) is 0 Å².